The lowest BCUT2D eigenvalue weighted by molar-refractivity contribution is 0.331. The van der Waals surface area contributed by atoms with Gasteiger partial charge in [0.15, 0.2) is 0 Å². The summed E-state index contributed by atoms with van der Waals surface area (Å²) in [6.07, 6.45) is 3.58. The predicted octanol–water partition coefficient (Wildman–Crippen LogP) is 1.44. The lowest BCUT2D eigenvalue weighted by Gasteiger charge is -2.12. The van der Waals surface area contributed by atoms with Crippen molar-refractivity contribution < 1.29 is 0 Å². The Hall–Kier alpha value is 0.310. The second-order valence-electron chi connectivity index (χ2n) is 2.88. The van der Waals surface area contributed by atoms with Crippen molar-refractivity contribution in [1.29, 1.82) is 0 Å². The SMILES string of the molecule is CSC1CC(C)N(C)C1. The summed E-state index contributed by atoms with van der Waals surface area (Å²) in [4.78, 5) is 2.43. The summed E-state index contributed by atoms with van der Waals surface area (Å²) < 4.78 is 0. The topological polar surface area (TPSA) is 3.24 Å². The monoisotopic (exact) mass is 145 g/mol. The fraction of sp³-hybridized carbons (Fsp3) is 1.00. The van der Waals surface area contributed by atoms with E-state index >= 15 is 0 Å². The first-order valence-electron chi connectivity index (χ1n) is 3.47. The summed E-state index contributed by atoms with van der Waals surface area (Å²) in [6, 6.07) is 0.808. The molecule has 0 aromatic rings. The molecule has 1 aliphatic heterocycles. The van der Waals surface area contributed by atoms with Crippen molar-refractivity contribution in [3.63, 3.8) is 0 Å². The number of hydrogen-bond acceptors (Lipinski definition) is 2. The molecule has 1 rings (SSSR count). The normalized spacial score (nSPS) is 37.7. The Bertz CT molecular complexity index is 84.9. The average Bonchev–Trinajstić information content (AvgIpc) is 2.13. The Labute approximate surface area is 61.8 Å². The van der Waals surface area contributed by atoms with Gasteiger partial charge in [-0.25, -0.2) is 0 Å². The third-order valence-corrected chi connectivity index (χ3v) is 3.19. The van der Waals surface area contributed by atoms with Crippen molar-refractivity contribution in [3.8, 4) is 0 Å². The van der Waals surface area contributed by atoms with Crippen molar-refractivity contribution >= 4 is 11.8 Å². The fourth-order valence-electron chi connectivity index (χ4n) is 1.31. The summed E-state index contributed by atoms with van der Waals surface area (Å²) in [5, 5.41) is 0.894. The van der Waals surface area contributed by atoms with E-state index in [1.54, 1.807) is 0 Å². The first-order valence-corrected chi connectivity index (χ1v) is 4.76. The Balaban J connectivity index is 2.35. The number of hydrogen-bond donors (Lipinski definition) is 0. The quantitative estimate of drug-likeness (QED) is 0.549. The van der Waals surface area contributed by atoms with Gasteiger partial charge < -0.3 is 4.90 Å². The molecule has 1 aliphatic rings. The van der Waals surface area contributed by atoms with Gasteiger partial charge in [-0.1, -0.05) is 0 Å². The van der Waals surface area contributed by atoms with E-state index in [4.69, 9.17) is 0 Å². The molecule has 54 valence electrons. The largest absolute Gasteiger partial charge is 0.303 e. The van der Waals surface area contributed by atoms with Gasteiger partial charge in [0.2, 0.25) is 0 Å². The third kappa shape index (κ3) is 1.62. The highest BCUT2D eigenvalue weighted by atomic mass is 32.2. The molecular weight excluding hydrogens is 130 g/mol. The maximum atomic E-state index is 2.43. The Morgan fingerprint density at radius 1 is 1.56 bits per heavy atom. The molecule has 0 aliphatic carbocycles. The van der Waals surface area contributed by atoms with Crippen LogP contribution in [0.3, 0.4) is 0 Å². The van der Waals surface area contributed by atoms with E-state index in [0.717, 1.165) is 11.3 Å². The van der Waals surface area contributed by atoms with E-state index in [0.29, 0.717) is 0 Å². The van der Waals surface area contributed by atoms with Gasteiger partial charge in [0.1, 0.15) is 0 Å². The van der Waals surface area contributed by atoms with Gasteiger partial charge in [0.05, 0.1) is 0 Å². The van der Waals surface area contributed by atoms with E-state index in [2.05, 4.69) is 25.1 Å². The standard InChI is InChI=1S/C7H15NS/c1-6-4-7(9-3)5-8(6)2/h6-7H,4-5H2,1-3H3. The van der Waals surface area contributed by atoms with Gasteiger partial charge in [-0.15, -0.1) is 0 Å². The van der Waals surface area contributed by atoms with Crippen LogP contribution in [0, 0.1) is 0 Å². The number of thioether (sulfide) groups is 1. The Morgan fingerprint density at radius 2 is 2.22 bits per heavy atom. The first-order chi connectivity index (χ1) is 4.24. The zero-order chi connectivity index (χ0) is 6.85. The summed E-state index contributed by atoms with van der Waals surface area (Å²) in [6.45, 7) is 3.58. The second kappa shape index (κ2) is 2.93. The maximum Gasteiger partial charge on any atom is 0.0186 e. The summed E-state index contributed by atoms with van der Waals surface area (Å²) in [5.74, 6) is 0. The van der Waals surface area contributed by atoms with Gasteiger partial charge in [0.25, 0.3) is 0 Å². The van der Waals surface area contributed by atoms with Crippen molar-refractivity contribution in [2.75, 3.05) is 19.8 Å². The van der Waals surface area contributed by atoms with Gasteiger partial charge in [-0.05, 0) is 26.6 Å². The van der Waals surface area contributed by atoms with Crippen molar-refractivity contribution in [3.05, 3.63) is 0 Å². The van der Waals surface area contributed by atoms with Crippen LogP contribution in [0.15, 0.2) is 0 Å². The van der Waals surface area contributed by atoms with Gasteiger partial charge >= 0.3 is 0 Å². The molecule has 2 heteroatoms. The molecule has 0 bridgehead atoms. The molecule has 1 saturated heterocycles. The van der Waals surface area contributed by atoms with Crippen LogP contribution in [-0.4, -0.2) is 36.0 Å². The molecule has 9 heavy (non-hydrogen) atoms. The van der Waals surface area contributed by atoms with E-state index in [9.17, 15) is 0 Å². The highest BCUT2D eigenvalue weighted by Crippen LogP contribution is 2.23. The van der Waals surface area contributed by atoms with E-state index in [1.165, 1.54) is 13.0 Å². The van der Waals surface area contributed by atoms with Crippen molar-refractivity contribution in [1.82, 2.24) is 4.90 Å². The van der Waals surface area contributed by atoms with Crippen LogP contribution >= 0.6 is 11.8 Å². The Morgan fingerprint density at radius 3 is 2.44 bits per heavy atom. The minimum Gasteiger partial charge on any atom is -0.303 e. The average molecular weight is 145 g/mol. The zero-order valence-corrected chi connectivity index (χ0v) is 7.24. The smallest absolute Gasteiger partial charge is 0.0186 e. The van der Waals surface area contributed by atoms with E-state index < -0.39 is 0 Å². The van der Waals surface area contributed by atoms with Crippen LogP contribution < -0.4 is 0 Å². The van der Waals surface area contributed by atoms with Gasteiger partial charge in [0, 0.05) is 17.8 Å². The highest BCUT2D eigenvalue weighted by Gasteiger charge is 2.24. The minimum atomic E-state index is 0.808. The molecule has 0 N–H and O–H groups in total. The highest BCUT2D eigenvalue weighted by molar-refractivity contribution is 7.99. The summed E-state index contributed by atoms with van der Waals surface area (Å²) in [5.41, 5.74) is 0. The first kappa shape index (κ1) is 7.42. The molecular formula is C7H15NS. The molecule has 0 saturated carbocycles. The van der Waals surface area contributed by atoms with Crippen LogP contribution in [0.2, 0.25) is 0 Å². The molecule has 2 unspecified atom stereocenters. The van der Waals surface area contributed by atoms with Crippen LogP contribution in [0.1, 0.15) is 13.3 Å². The molecule has 1 heterocycles. The van der Waals surface area contributed by atoms with Crippen LogP contribution in [0.5, 0.6) is 0 Å². The molecule has 0 spiro atoms. The molecule has 0 amide bonds. The van der Waals surface area contributed by atoms with Crippen molar-refractivity contribution in [2.45, 2.75) is 24.6 Å². The molecule has 0 radical (unpaired) electrons. The Kier molecular flexibility index (Phi) is 2.42. The van der Waals surface area contributed by atoms with Gasteiger partial charge in [-0.3, -0.25) is 0 Å². The second-order valence-corrected chi connectivity index (χ2v) is 4.02. The van der Waals surface area contributed by atoms with Crippen LogP contribution in [0.25, 0.3) is 0 Å². The lowest BCUT2D eigenvalue weighted by Crippen LogP contribution is -2.21. The number of nitrogens with zero attached hydrogens (tertiary/aromatic N) is 1. The minimum absolute atomic E-state index is 0.808. The predicted molar refractivity (Wildman–Crippen MR) is 44.0 cm³/mol. The zero-order valence-electron chi connectivity index (χ0n) is 6.42. The molecule has 1 fully saturated rings. The maximum absolute atomic E-state index is 2.43. The molecule has 0 aromatic carbocycles. The lowest BCUT2D eigenvalue weighted by atomic mass is 10.2. The van der Waals surface area contributed by atoms with Crippen LogP contribution in [-0.2, 0) is 0 Å². The fourth-order valence-corrected chi connectivity index (χ4v) is 2.16. The molecule has 0 aromatic heterocycles. The van der Waals surface area contributed by atoms with E-state index in [1.807, 2.05) is 11.8 Å². The summed E-state index contributed by atoms with van der Waals surface area (Å²) in [7, 11) is 2.21. The van der Waals surface area contributed by atoms with Gasteiger partial charge in [-0.2, -0.15) is 11.8 Å². The van der Waals surface area contributed by atoms with E-state index in [-0.39, 0.29) is 0 Å². The number of rotatable bonds is 1. The van der Waals surface area contributed by atoms with Crippen molar-refractivity contribution in [2.24, 2.45) is 0 Å². The van der Waals surface area contributed by atoms with Crippen LogP contribution in [0.4, 0.5) is 0 Å². The summed E-state index contributed by atoms with van der Waals surface area (Å²) >= 11 is 2.00. The molecule has 1 nitrogen and oxygen atoms in total. The molecule has 2 atom stereocenters. The third-order valence-electron chi connectivity index (χ3n) is 2.18. The number of likely N-dealkylation sites (tertiary alicyclic amines) is 1.